The van der Waals surface area contributed by atoms with Crippen LogP contribution in [0.3, 0.4) is 0 Å². The van der Waals surface area contributed by atoms with Crippen molar-refractivity contribution in [1.29, 1.82) is 0 Å². The summed E-state index contributed by atoms with van der Waals surface area (Å²) in [6, 6.07) is 4.88. The number of benzene rings is 1. The third-order valence-electron chi connectivity index (χ3n) is 2.80. The SMILES string of the molecule is Cc1cc(NC(=O)c2cnccc2Cl)c(C)cc1O. The first-order valence-electron chi connectivity index (χ1n) is 5.70. The third kappa shape index (κ3) is 2.85. The van der Waals surface area contributed by atoms with E-state index < -0.39 is 0 Å². The number of pyridine rings is 1. The first kappa shape index (κ1) is 13.4. The summed E-state index contributed by atoms with van der Waals surface area (Å²) in [5, 5.41) is 12.7. The molecule has 2 N–H and O–H groups in total. The van der Waals surface area contributed by atoms with Crippen molar-refractivity contribution in [2.45, 2.75) is 13.8 Å². The maximum atomic E-state index is 12.1. The second kappa shape index (κ2) is 5.28. The molecular formula is C14H13ClN2O2. The van der Waals surface area contributed by atoms with E-state index >= 15 is 0 Å². The number of hydrogen-bond acceptors (Lipinski definition) is 3. The molecule has 1 aromatic heterocycles. The normalized spacial score (nSPS) is 10.3. The Labute approximate surface area is 116 Å². The summed E-state index contributed by atoms with van der Waals surface area (Å²) in [5.74, 6) is -0.124. The number of hydrogen-bond donors (Lipinski definition) is 2. The highest BCUT2D eigenvalue weighted by Crippen LogP contribution is 2.26. The Hall–Kier alpha value is -2.07. The molecule has 0 aliphatic carbocycles. The Balaban J connectivity index is 2.30. The zero-order valence-corrected chi connectivity index (χ0v) is 11.3. The molecule has 2 aromatic rings. The molecule has 0 saturated carbocycles. The number of phenols is 1. The lowest BCUT2D eigenvalue weighted by molar-refractivity contribution is 0.102. The molecule has 0 spiro atoms. The molecule has 2 rings (SSSR count). The molecular weight excluding hydrogens is 264 g/mol. The van der Waals surface area contributed by atoms with Gasteiger partial charge in [0, 0.05) is 18.1 Å². The Bertz CT molecular complexity index is 641. The second-order valence-corrected chi connectivity index (χ2v) is 4.67. The van der Waals surface area contributed by atoms with Crippen molar-refractivity contribution in [2.75, 3.05) is 5.32 Å². The van der Waals surface area contributed by atoms with Crippen LogP contribution in [0.1, 0.15) is 21.5 Å². The number of anilines is 1. The van der Waals surface area contributed by atoms with Crippen LogP contribution in [0.25, 0.3) is 0 Å². The minimum atomic E-state index is -0.328. The monoisotopic (exact) mass is 276 g/mol. The molecule has 1 amide bonds. The van der Waals surface area contributed by atoms with E-state index in [1.54, 1.807) is 32.0 Å². The summed E-state index contributed by atoms with van der Waals surface area (Å²) >= 11 is 5.94. The van der Waals surface area contributed by atoms with Crippen LogP contribution in [0.4, 0.5) is 5.69 Å². The van der Waals surface area contributed by atoms with Crippen LogP contribution in [0.2, 0.25) is 5.02 Å². The Morgan fingerprint density at radius 3 is 2.74 bits per heavy atom. The molecule has 19 heavy (non-hydrogen) atoms. The van der Waals surface area contributed by atoms with Gasteiger partial charge in [-0.3, -0.25) is 9.78 Å². The summed E-state index contributed by atoms with van der Waals surface area (Å²) in [7, 11) is 0. The molecule has 0 unspecified atom stereocenters. The van der Waals surface area contributed by atoms with Crippen molar-refractivity contribution in [3.8, 4) is 5.75 Å². The summed E-state index contributed by atoms with van der Waals surface area (Å²) < 4.78 is 0. The van der Waals surface area contributed by atoms with Gasteiger partial charge < -0.3 is 10.4 Å². The number of nitrogens with one attached hydrogen (secondary N) is 1. The molecule has 0 bridgehead atoms. The van der Waals surface area contributed by atoms with Gasteiger partial charge in [0.2, 0.25) is 0 Å². The lowest BCUT2D eigenvalue weighted by Gasteiger charge is -2.11. The average molecular weight is 277 g/mol. The van der Waals surface area contributed by atoms with Crippen LogP contribution in [0, 0.1) is 13.8 Å². The van der Waals surface area contributed by atoms with Gasteiger partial charge in [0.25, 0.3) is 5.91 Å². The number of carbonyl (C=O) groups excluding carboxylic acids is 1. The predicted octanol–water partition coefficient (Wildman–Crippen LogP) is 3.31. The average Bonchev–Trinajstić information content (AvgIpc) is 2.36. The molecule has 98 valence electrons. The van der Waals surface area contributed by atoms with Crippen LogP contribution in [0.15, 0.2) is 30.6 Å². The Morgan fingerprint density at radius 1 is 1.32 bits per heavy atom. The number of phenolic OH excluding ortho intramolecular Hbond substituents is 1. The number of rotatable bonds is 2. The van der Waals surface area contributed by atoms with Gasteiger partial charge in [0.1, 0.15) is 5.75 Å². The fraction of sp³-hybridized carbons (Fsp3) is 0.143. The van der Waals surface area contributed by atoms with Crippen molar-refractivity contribution in [2.24, 2.45) is 0 Å². The van der Waals surface area contributed by atoms with E-state index in [2.05, 4.69) is 10.3 Å². The number of nitrogens with zero attached hydrogens (tertiary/aromatic N) is 1. The van der Waals surface area contributed by atoms with E-state index in [1.165, 1.54) is 12.4 Å². The van der Waals surface area contributed by atoms with Crippen molar-refractivity contribution in [1.82, 2.24) is 4.98 Å². The Kier molecular flexibility index (Phi) is 3.71. The number of aromatic nitrogens is 1. The summed E-state index contributed by atoms with van der Waals surface area (Å²) in [4.78, 5) is 16.0. The highest BCUT2D eigenvalue weighted by atomic mass is 35.5. The highest BCUT2D eigenvalue weighted by molar-refractivity contribution is 6.34. The van der Waals surface area contributed by atoms with Gasteiger partial charge in [-0.25, -0.2) is 0 Å². The minimum absolute atomic E-state index is 0.204. The number of aromatic hydroxyl groups is 1. The zero-order chi connectivity index (χ0) is 14.0. The van der Waals surface area contributed by atoms with E-state index in [4.69, 9.17) is 11.6 Å². The molecule has 1 aromatic carbocycles. The summed E-state index contributed by atoms with van der Waals surface area (Å²) in [5.41, 5.74) is 2.42. The molecule has 4 nitrogen and oxygen atoms in total. The van der Waals surface area contributed by atoms with Crippen LogP contribution in [-0.4, -0.2) is 16.0 Å². The van der Waals surface area contributed by atoms with Crippen molar-refractivity contribution in [3.05, 3.63) is 52.3 Å². The largest absolute Gasteiger partial charge is 0.508 e. The molecule has 5 heteroatoms. The number of aryl methyl sites for hydroxylation is 2. The number of carbonyl (C=O) groups is 1. The smallest absolute Gasteiger partial charge is 0.258 e. The van der Waals surface area contributed by atoms with Gasteiger partial charge in [-0.2, -0.15) is 0 Å². The van der Waals surface area contributed by atoms with Gasteiger partial charge in [-0.1, -0.05) is 11.6 Å². The van der Waals surface area contributed by atoms with Gasteiger partial charge in [0.15, 0.2) is 0 Å². The van der Waals surface area contributed by atoms with E-state index in [1.807, 2.05) is 0 Å². The fourth-order valence-electron chi connectivity index (χ4n) is 1.67. The maximum absolute atomic E-state index is 12.1. The number of halogens is 1. The lowest BCUT2D eigenvalue weighted by Crippen LogP contribution is -2.13. The van der Waals surface area contributed by atoms with E-state index in [0.29, 0.717) is 21.8 Å². The topological polar surface area (TPSA) is 62.2 Å². The molecule has 0 atom stereocenters. The van der Waals surface area contributed by atoms with Gasteiger partial charge in [0.05, 0.1) is 10.6 Å². The predicted molar refractivity (Wildman–Crippen MR) is 74.8 cm³/mol. The molecule has 0 aliphatic heterocycles. The van der Waals surface area contributed by atoms with Gasteiger partial charge in [-0.05, 0) is 43.2 Å². The van der Waals surface area contributed by atoms with Gasteiger partial charge in [-0.15, -0.1) is 0 Å². The quantitative estimate of drug-likeness (QED) is 0.827. The first-order valence-corrected chi connectivity index (χ1v) is 6.08. The molecule has 1 heterocycles. The van der Waals surface area contributed by atoms with Crippen molar-refractivity contribution < 1.29 is 9.90 Å². The lowest BCUT2D eigenvalue weighted by atomic mass is 10.1. The number of amides is 1. The van der Waals surface area contributed by atoms with E-state index in [0.717, 1.165) is 5.56 Å². The highest BCUT2D eigenvalue weighted by Gasteiger charge is 2.12. The molecule has 0 fully saturated rings. The second-order valence-electron chi connectivity index (χ2n) is 4.26. The Morgan fingerprint density at radius 2 is 2.05 bits per heavy atom. The van der Waals surface area contributed by atoms with Crippen LogP contribution in [-0.2, 0) is 0 Å². The first-order chi connectivity index (χ1) is 8.99. The van der Waals surface area contributed by atoms with E-state index in [-0.39, 0.29) is 11.7 Å². The third-order valence-corrected chi connectivity index (χ3v) is 3.13. The minimum Gasteiger partial charge on any atom is -0.508 e. The van der Waals surface area contributed by atoms with Gasteiger partial charge >= 0.3 is 0 Å². The fourth-order valence-corrected chi connectivity index (χ4v) is 1.86. The van der Waals surface area contributed by atoms with Crippen molar-refractivity contribution >= 4 is 23.2 Å². The van der Waals surface area contributed by atoms with Crippen LogP contribution >= 0.6 is 11.6 Å². The summed E-state index contributed by atoms with van der Waals surface area (Å²) in [6.07, 6.45) is 2.94. The maximum Gasteiger partial charge on any atom is 0.258 e. The summed E-state index contributed by atoms with van der Waals surface area (Å²) in [6.45, 7) is 3.57. The van der Waals surface area contributed by atoms with E-state index in [9.17, 15) is 9.90 Å². The molecule has 0 saturated heterocycles. The van der Waals surface area contributed by atoms with Crippen LogP contribution in [0.5, 0.6) is 5.75 Å². The van der Waals surface area contributed by atoms with Crippen molar-refractivity contribution in [3.63, 3.8) is 0 Å². The molecule has 0 aliphatic rings. The zero-order valence-electron chi connectivity index (χ0n) is 10.6. The molecule has 0 radical (unpaired) electrons. The van der Waals surface area contributed by atoms with Crippen LogP contribution < -0.4 is 5.32 Å². The standard InChI is InChI=1S/C14H13ClN2O2/c1-8-6-13(18)9(2)5-12(8)17-14(19)10-7-16-4-3-11(10)15/h3-7,18H,1-2H3,(H,17,19).